The first-order valence-corrected chi connectivity index (χ1v) is 11.4. The number of carbonyl (C=O) groups excluding carboxylic acids is 2. The van der Waals surface area contributed by atoms with Crippen molar-refractivity contribution in [2.45, 2.75) is 45.7 Å². The zero-order chi connectivity index (χ0) is 20.5. The van der Waals surface area contributed by atoms with Gasteiger partial charge >= 0.3 is 0 Å². The van der Waals surface area contributed by atoms with Crippen LogP contribution in [0.4, 0.5) is 0 Å². The number of nitrogens with one attached hydrogen (secondary N) is 2. The summed E-state index contributed by atoms with van der Waals surface area (Å²) in [6.45, 7) is 6.64. The Bertz CT molecular complexity index is 791. The summed E-state index contributed by atoms with van der Waals surface area (Å²) in [5.74, 6) is 0.717. The third-order valence-corrected chi connectivity index (χ3v) is 6.21. The van der Waals surface area contributed by atoms with E-state index in [-0.39, 0.29) is 11.8 Å². The van der Waals surface area contributed by atoms with E-state index in [0.29, 0.717) is 30.8 Å². The first kappa shape index (κ1) is 21.5. The Labute approximate surface area is 177 Å². The Morgan fingerprint density at radius 2 is 1.97 bits per heavy atom. The lowest BCUT2D eigenvalue weighted by atomic mass is 9.99. The van der Waals surface area contributed by atoms with E-state index in [2.05, 4.69) is 40.7 Å². The average Bonchev–Trinajstić information content (AvgIpc) is 3.25. The van der Waals surface area contributed by atoms with Crippen LogP contribution in [0.5, 0.6) is 0 Å². The van der Waals surface area contributed by atoms with E-state index in [1.54, 1.807) is 6.07 Å². The molecule has 2 amide bonds. The molecule has 5 nitrogen and oxygen atoms in total. The first-order valence-electron chi connectivity index (χ1n) is 10.5. The molecule has 1 unspecified atom stereocenters. The SMILES string of the molecule is CC1CCCN(Cc2ccccc2CNC(=O)CCCNC(=O)c2cccs2)C1. The van der Waals surface area contributed by atoms with Crippen LogP contribution in [0.2, 0.25) is 0 Å². The van der Waals surface area contributed by atoms with Gasteiger partial charge in [-0.3, -0.25) is 14.5 Å². The normalized spacial score (nSPS) is 17.1. The Balaban J connectivity index is 1.39. The van der Waals surface area contributed by atoms with Crippen molar-refractivity contribution in [1.82, 2.24) is 15.5 Å². The highest BCUT2D eigenvalue weighted by Gasteiger charge is 2.17. The van der Waals surface area contributed by atoms with Gasteiger partial charge in [0.15, 0.2) is 0 Å². The van der Waals surface area contributed by atoms with Crippen LogP contribution in [0, 0.1) is 5.92 Å². The zero-order valence-electron chi connectivity index (χ0n) is 17.2. The van der Waals surface area contributed by atoms with Gasteiger partial charge in [-0.2, -0.15) is 0 Å². The van der Waals surface area contributed by atoms with Crippen molar-refractivity contribution in [1.29, 1.82) is 0 Å². The number of nitrogens with zero attached hydrogens (tertiary/aromatic N) is 1. The van der Waals surface area contributed by atoms with Crippen LogP contribution in [0.3, 0.4) is 0 Å². The second-order valence-electron chi connectivity index (χ2n) is 7.86. The molecule has 0 aliphatic carbocycles. The molecule has 2 N–H and O–H groups in total. The van der Waals surface area contributed by atoms with Crippen LogP contribution in [-0.2, 0) is 17.9 Å². The Morgan fingerprint density at radius 1 is 1.14 bits per heavy atom. The summed E-state index contributed by atoms with van der Waals surface area (Å²) in [7, 11) is 0. The molecule has 6 heteroatoms. The molecule has 1 saturated heterocycles. The molecular weight excluding hydrogens is 382 g/mol. The summed E-state index contributed by atoms with van der Waals surface area (Å²) in [5, 5.41) is 7.77. The van der Waals surface area contributed by atoms with E-state index in [0.717, 1.165) is 25.6 Å². The Morgan fingerprint density at radius 3 is 2.72 bits per heavy atom. The highest BCUT2D eigenvalue weighted by molar-refractivity contribution is 7.12. The van der Waals surface area contributed by atoms with E-state index < -0.39 is 0 Å². The molecular formula is C23H31N3O2S. The molecule has 1 atom stereocenters. The molecule has 0 radical (unpaired) electrons. The van der Waals surface area contributed by atoms with Gasteiger partial charge in [0.25, 0.3) is 5.91 Å². The molecule has 1 aromatic heterocycles. The molecule has 29 heavy (non-hydrogen) atoms. The van der Waals surface area contributed by atoms with E-state index in [1.165, 1.54) is 35.3 Å². The first-order chi connectivity index (χ1) is 14.1. The summed E-state index contributed by atoms with van der Waals surface area (Å²) in [4.78, 5) is 27.3. The van der Waals surface area contributed by atoms with E-state index in [9.17, 15) is 9.59 Å². The van der Waals surface area contributed by atoms with Crippen LogP contribution in [0.15, 0.2) is 41.8 Å². The van der Waals surface area contributed by atoms with Crippen molar-refractivity contribution in [3.05, 3.63) is 57.8 Å². The van der Waals surface area contributed by atoms with Crippen molar-refractivity contribution >= 4 is 23.2 Å². The lowest BCUT2D eigenvalue weighted by Crippen LogP contribution is -2.34. The molecule has 1 aliphatic rings. The quantitative estimate of drug-likeness (QED) is 0.615. The lowest BCUT2D eigenvalue weighted by Gasteiger charge is -2.31. The minimum atomic E-state index is -0.0682. The summed E-state index contributed by atoms with van der Waals surface area (Å²) in [5.41, 5.74) is 2.48. The maximum absolute atomic E-state index is 12.2. The van der Waals surface area contributed by atoms with E-state index >= 15 is 0 Å². The number of piperidine rings is 1. The number of hydrogen-bond donors (Lipinski definition) is 2. The molecule has 1 aliphatic heterocycles. The summed E-state index contributed by atoms with van der Waals surface area (Å²) in [6.07, 6.45) is 3.64. The van der Waals surface area contributed by atoms with Crippen LogP contribution in [0.25, 0.3) is 0 Å². The number of carbonyl (C=O) groups is 2. The number of thiophene rings is 1. The van der Waals surface area contributed by atoms with Crippen LogP contribution in [-0.4, -0.2) is 36.3 Å². The second-order valence-corrected chi connectivity index (χ2v) is 8.81. The number of benzene rings is 1. The topological polar surface area (TPSA) is 61.4 Å². The average molecular weight is 414 g/mol. The summed E-state index contributed by atoms with van der Waals surface area (Å²) >= 11 is 1.42. The monoisotopic (exact) mass is 413 g/mol. The number of likely N-dealkylation sites (tertiary alicyclic amines) is 1. The van der Waals surface area contributed by atoms with E-state index in [4.69, 9.17) is 0 Å². The summed E-state index contributed by atoms with van der Waals surface area (Å²) < 4.78 is 0. The van der Waals surface area contributed by atoms with Gasteiger partial charge in [0.1, 0.15) is 0 Å². The Kier molecular flexibility index (Phi) is 8.25. The lowest BCUT2D eigenvalue weighted by molar-refractivity contribution is -0.121. The Hall–Kier alpha value is -2.18. The molecule has 1 aromatic carbocycles. The van der Waals surface area contributed by atoms with Gasteiger partial charge in [-0.15, -0.1) is 11.3 Å². The van der Waals surface area contributed by atoms with E-state index in [1.807, 2.05) is 17.5 Å². The number of hydrogen-bond acceptors (Lipinski definition) is 4. The third kappa shape index (κ3) is 6.98. The predicted octanol–water partition coefficient (Wildman–Crippen LogP) is 3.81. The minimum Gasteiger partial charge on any atom is -0.352 e. The van der Waals surface area contributed by atoms with Crippen molar-refractivity contribution in [2.24, 2.45) is 5.92 Å². The van der Waals surface area contributed by atoms with Gasteiger partial charge in [0, 0.05) is 32.6 Å². The fraction of sp³-hybridized carbons (Fsp3) is 0.478. The van der Waals surface area contributed by atoms with Crippen LogP contribution in [0.1, 0.15) is 53.4 Å². The fourth-order valence-corrected chi connectivity index (χ4v) is 4.42. The van der Waals surface area contributed by atoms with Gasteiger partial charge < -0.3 is 10.6 Å². The molecule has 0 spiro atoms. The largest absolute Gasteiger partial charge is 0.352 e. The standard InChI is InChI=1S/C23H31N3O2S/c1-18-7-5-13-26(16-18)17-20-9-3-2-8-19(20)15-25-22(27)11-4-12-24-23(28)21-10-6-14-29-21/h2-3,6,8-10,14,18H,4-5,7,11-13,15-17H2,1H3,(H,24,28)(H,25,27). The molecule has 0 saturated carbocycles. The van der Waals surface area contributed by atoms with Crippen molar-refractivity contribution in [3.8, 4) is 0 Å². The van der Waals surface area contributed by atoms with Crippen LogP contribution < -0.4 is 10.6 Å². The maximum Gasteiger partial charge on any atom is 0.261 e. The molecule has 2 heterocycles. The number of amides is 2. The molecule has 0 bridgehead atoms. The van der Waals surface area contributed by atoms with Gasteiger partial charge in [-0.05, 0) is 54.3 Å². The van der Waals surface area contributed by atoms with Gasteiger partial charge in [0.05, 0.1) is 4.88 Å². The van der Waals surface area contributed by atoms with Crippen molar-refractivity contribution in [2.75, 3.05) is 19.6 Å². The highest BCUT2D eigenvalue weighted by atomic mass is 32.1. The highest BCUT2D eigenvalue weighted by Crippen LogP contribution is 2.19. The fourth-order valence-electron chi connectivity index (χ4n) is 3.78. The minimum absolute atomic E-state index is 0.0248. The molecule has 156 valence electrons. The molecule has 1 fully saturated rings. The predicted molar refractivity (Wildman–Crippen MR) is 118 cm³/mol. The third-order valence-electron chi connectivity index (χ3n) is 5.34. The smallest absolute Gasteiger partial charge is 0.261 e. The maximum atomic E-state index is 12.2. The van der Waals surface area contributed by atoms with Crippen molar-refractivity contribution in [3.63, 3.8) is 0 Å². The van der Waals surface area contributed by atoms with Crippen LogP contribution >= 0.6 is 11.3 Å². The van der Waals surface area contributed by atoms with Crippen molar-refractivity contribution < 1.29 is 9.59 Å². The molecule has 3 rings (SSSR count). The van der Waals surface area contributed by atoms with Gasteiger partial charge in [0.2, 0.25) is 5.91 Å². The number of rotatable bonds is 9. The van der Waals surface area contributed by atoms with Gasteiger partial charge in [-0.1, -0.05) is 37.3 Å². The van der Waals surface area contributed by atoms with Gasteiger partial charge in [-0.25, -0.2) is 0 Å². The molecule has 2 aromatic rings. The second kappa shape index (κ2) is 11.1. The summed E-state index contributed by atoms with van der Waals surface area (Å²) in [6, 6.07) is 12.0. The zero-order valence-corrected chi connectivity index (χ0v) is 18.0.